The Balaban J connectivity index is 1.76. The van der Waals surface area contributed by atoms with E-state index in [-0.39, 0.29) is 12.6 Å². The number of nitrogens with zero attached hydrogens (tertiary/aromatic N) is 2. The van der Waals surface area contributed by atoms with E-state index in [1.54, 1.807) is 7.11 Å². The zero-order chi connectivity index (χ0) is 24.4. The molecule has 0 amide bonds. The zero-order valence-electron chi connectivity index (χ0n) is 19.9. The van der Waals surface area contributed by atoms with Gasteiger partial charge in [0.05, 0.1) is 48.7 Å². The van der Waals surface area contributed by atoms with Crippen molar-refractivity contribution in [1.29, 1.82) is 0 Å². The standard InChI is InChI=1S/C28H27N3O4/c1-4-34-21-16-12-19(13-17-21)26-24(27(32)35-5-2)25(18-10-14-20(33-3)15-11-18)30-28-29-22-8-6-7-9-23(22)31(26)28/h6-17,26H,4-5H2,1-3H3,(H,29,30)/t26-/m1/s1. The van der Waals surface area contributed by atoms with E-state index in [1.165, 1.54) is 0 Å². The summed E-state index contributed by atoms with van der Waals surface area (Å²) in [5.74, 6) is 1.79. The van der Waals surface area contributed by atoms with E-state index in [9.17, 15) is 4.79 Å². The average Bonchev–Trinajstić information content (AvgIpc) is 3.27. The average molecular weight is 470 g/mol. The van der Waals surface area contributed by atoms with Gasteiger partial charge >= 0.3 is 5.97 Å². The number of hydrogen-bond acceptors (Lipinski definition) is 6. The Morgan fingerprint density at radius 2 is 1.66 bits per heavy atom. The first-order chi connectivity index (χ1) is 17.1. The van der Waals surface area contributed by atoms with E-state index >= 15 is 0 Å². The Kier molecular flexibility index (Phi) is 6.14. The van der Waals surface area contributed by atoms with Gasteiger partial charge in [-0.2, -0.15) is 0 Å². The van der Waals surface area contributed by atoms with Gasteiger partial charge in [-0.1, -0.05) is 24.3 Å². The molecule has 0 aliphatic carbocycles. The molecule has 0 unspecified atom stereocenters. The quantitative estimate of drug-likeness (QED) is 0.364. The van der Waals surface area contributed by atoms with E-state index in [1.807, 2.05) is 86.6 Å². The highest BCUT2D eigenvalue weighted by Crippen LogP contribution is 2.42. The van der Waals surface area contributed by atoms with Crippen molar-refractivity contribution in [2.45, 2.75) is 19.9 Å². The third-order valence-electron chi connectivity index (χ3n) is 6.01. The van der Waals surface area contributed by atoms with Crippen LogP contribution in [0.3, 0.4) is 0 Å². The van der Waals surface area contributed by atoms with Crippen molar-refractivity contribution in [2.24, 2.45) is 0 Å². The molecule has 1 atom stereocenters. The van der Waals surface area contributed by atoms with Gasteiger partial charge in [0.15, 0.2) is 0 Å². The second kappa shape index (κ2) is 9.54. The number of esters is 1. The lowest BCUT2D eigenvalue weighted by molar-refractivity contribution is -0.138. The maximum Gasteiger partial charge on any atom is 0.338 e. The lowest BCUT2D eigenvalue weighted by Gasteiger charge is -2.31. The summed E-state index contributed by atoms with van der Waals surface area (Å²) in [4.78, 5) is 18.4. The lowest BCUT2D eigenvalue weighted by Crippen LogP contribution is -2.29. The van der Waals surface area contributed by atoms with E-state index in [0.29, 0.717) is 23.8 Å². The second-order valence-electron chi connectivity index (χ2n) is 8.06. The Hall–Kier alpha value is -4.26. The van der Waals surface area contributed by atoms with Gasteiger partial charge in [-0.25, -0.2) is 9.78 Å². The zero-order valence-corrected chi connectivity index (χ0v) is 19.9. The fourth-order valence-electron chi connectivity index (χ4n) is 4.48. The Bertz CT molecular complexity index is 1390. The molecule has 0 radical (unpaired) electrons. The number of para-hydroxylation sites is 2. The van der Waals surface area contributed by atoms with E-state index in [0.717, 1.165) is 33.7 Å². The van der Waals surface area contributed by atoms with Gasteiger partial charge in [0, 0.05) is 0 Å². The number of hydrogen-bond donors (Lipinski definition) is 1. The molecule has 3 aromatic carbocycles. The number of benzene rings is 3. The number of carbonyl (C=O) groups excluding carboxylic acids is 1. The van der Waals surface area contributed by atoms with Crippen LogP contribution in [0.5, 0.6) is 11.5 Å². The molecule has 0 bridgehead atoms. The van der Waals surface area contributed by atoms with Crippen LogP contribution in [0.2, 0.25) is 0 Å². The third kappa shape index (κ3) is 4.10. The Morgan fingerprint density at radius 1 is 0.943 bits per heavy atom. The molecule has 0 fully saturated rings. The topological polar surface area (TPSA) is 74.6 Å². The van der Waals surface area contributed by atoms with Crippen molar-refractivity contribution < 1.29 is 19.0 Å². The Labute approximate surface area is 204 Å². The molecular formula is C28H27N3O4. The number of ether oxygens (including phenoxy) is 3. The normalized spacial score (nSPS) is 14.9. The lowest BCUT2D eigenvalue weighted by atomic mass is 9.92. The molecule has 35 heavy (non-hydrogen) atoms. The van der Waals surface area contributed by atoms with Crippen molar-refractivity contribution in [1.82, 2.24) is 9.55 Å². The summed E-state index contributed by atoms with van der Waals surface area (Å²) in [7, 11) is 1.63. The van der Waals surface area contributed by atoms with Crippen LogP contribution in [0.25, 0.3) is 16.7 Å². The molecule has 1 aliphatic heterocycles. The summed E-state index contributed by atoms with van der Waals surface area (Å²) >= 11 is 0. The molecule has 178 valence electrons. The van der Waals surface area contributed by atoms with Crippen LogP contribution in [0, 0.1) is 0 Å². The van der Waals surface area contributed by atoms with Crippen molar-refractivity contribution in [3.8, 4) is 11.5 Å². The van der Waals surface area contributed by atoms with Crippen molar-refractivity contribution in [3.05, 3.63) is 89.5 Å². The molecule has 1 aromatic heterocycles. The molecular weight excluding hydrogens is 442 g/mol. The Morgan fingerprint density at radius 3 is 2.34 bits per heavy atom. The van der Waals surface area contributed by atoms with Crippen molar-refractivity contribution in [2.75, 3.05) is 25.6 Å². The molecule has 0 saturated carbocycles. The minimum atomic E-state index is -0.453. The van der Waals surface area contributed by atoms with E-state index in [4.69, 9.17) is 19.2 Å². The predicted octanol–water partition coefficient (Wildman–Crippen LogP) is 5.43. The fourth-order valence-corrected chi connectivity index (χ4v) is 4.48. The van der Waals surface area contributed by atoms with Gasteiger partial charge in [-0.3, -0.25) is 4.57 Å². The van der Waals surface area contributed by atoms with Crippen LogP contribution in [-0.2, 0) is 9.53 Å². The third-order valence-corrected chi connectivity index (χ3v) is 6.01. The van der Waals surface area contributed by atoms with Crippen LogP contribution in [0.1, 0.15) is 31.0 Å². The number of fused-ring (bicyclic) bond motifs is 3. The molecule has 4 aromatic rings. The maximum atomic E-state index is 13.5. The number of imidazole rings is 1. The minimum absolute atomic E-state index is 0.270. The van der Waals surface area contributed by atoms with Crippen molar-refractivity contribution >= 4 is 28.6 Å². The van der Waals surface area contributed by atoms with Gasteiger partial charge in [0.1, 0.15) is 11.5 Å². The first-order valence-electron chi connectivity index (χ1n) is 11.7. The summed E-state index contributed by atoms with van der Waals surface area (Å²) < 4.78 is 18.6. The van der Waals surface area contributed by atoms with E-state index in [2.05, 4.69) is 9.88 Å². The molecule has 7 heteroatoms. The highest BCUT2D eigenvalue weighted by Gasteiger charge is 2.36. The predicted molar refractivity (Wildman–Crippen MR) is 136 cm³/mol. The van der Waals surface area contributed by atoms with Crippen LogP contribution < -0.4 is 14.8 Å². The molecule has 5 rings (SSSR count). The molecule has 0 saturated heterocycles. The number of nitrogens with one attached hydrogen (secondary N) is 1. The highest BCUT2D eigenvalue weighted by molar-refractivity contribution is 6.03. The first kappa shape index (κ1) is 22.5. The SMILES string of the molecule is CCOC(=O)C1=C(c2ccc(OC)cc2)Nc2nc3ccccc3n2[C@@H]1c1ccc(OCC)cc1. The largest absolute Gasteiger partial charge is 0.497 e. The summed E-state index contributed by atoms with van der Waals surface area (Å²) in [6.45, 7) is 4.61. The van der Waals surface area contributed by atoms with Crippen LogP contribution in [0.15, 0.2) is 78.4 Å². The maximum absolute atomic E-state index is 13.5. The molecule has 0 spiro atoms. The monoisotopic (exact) mass is 469 g/mol. The number of anilines is 1. The molecule has 7 nitrogen and oxygen atoms in total. The van der Waals surface area contributed by atoms with Crippen LogP contribution >= 0.6 is 0 Å². The number of aromatic nitrogens is 2. The summed E-state index contributed by atoms with van der Waals surface area (Å²) in [6, 6.07) is 22.9. The van der Waals surface area contributed by atoms with Gasteiger partial charge < -0.3 is 19.5 Å². The van der Waals surface area contributed by atoms with Gasteiger partial charge in [0.2, 0.25) is 5.95 Å². The second-order valence-corrected chi connectivity index (χ2v) is 8.06. The fraction of sp³-hybridized carbons (Fsp3) is 0.214. The number of rotatable bonds is 7. The molecule has 2 heterocycles. The van der Waals surface area contributed by atoms with E-state index < -0.39 is 6.04 Å². The highest BCUT2D eigenvalue weighted by atomic mass is 16.5. The number of carbonyl (C=O) groups is 1. The molecule has 1 aliphatic rings. The van der Waals surface area contributed by atoms with Gasteiger partial charge in [0.25, 0.3) is 0 Å². The van der Waals surface area contributed by atoms with Crippen molar-refractivity contribution in [3.63, 3.8) is 0 Å². The summed E-state index contributed by atoms with van der Waals surface area (Å²) in [6.07, 6.45) is 0. The van der Waals surface area contributed by atoms with Crippen LogP contribution in [-0.4, -0.2) is 35.8 Å². The van der Waals surface area contributed by atoms with Crippen LogP contribution in [0.4, 0.5) is 5.95 Å². The number of methoxy groups -OCH3 is 1. The summed E-state index contributed by atoms with van der Waals surface area (Å²) in [5, 5.41) is 3.43. The van der Waals surface area contributed by atoms with Gasteiger partial charge in [-0.05, 0) is 73.5 Å². The molecule has 1 N–H and O–H groups in total. The smallest absolute Gasteiger partial charge is 0.338 e. The minimum Gasteiger partial charge on any atom is -0.497 e. The first-order valence-corrected chi connectivity index (χ1v) is 11.7. The van der Waals surface area contributed by atoms with Gasteiger partial charge in [-0.15, -0.1) is 0 Å². The summed E-state index contributed by atoms with van der Waals surface area (Å²) in [5.41, 5.74) is 4.69.